The fourth-order valence-corrected chi connectivity index (χ4v) is 1.82. The van der Waals surface area contributed by atoms with Gasteiger partial charge in [0.15, 0.2) is 0 Å². The predicted molar refractivity (Wildman–Crippen MR) is 69.9 cm³/mol. The number of anilines is 1. The van der Waals surface area contributed by atoms with E-state index in [9.17, 15) is 20.0 Å². The van der Waals surface area contributed by atoms with Gasteiger partial charge in [-0.25, -0.2) is 4.79 Å². The summed E-state index contributed by atoms with van der Waals surface area (Å²) in [5.74, 6) is -1.33. The first kappa shape index (κ1) is 12.6. The van der Waals surface area contributed by atoms with Crippen molar-refractivity contribution >= 4 is 17.3 Å². The average molecular weight is 258 g/mol. The first-order chi connectivity index (χ1) is 9.00. The van der Waals surface area contributed by atoms with E-state index in [1.165, 1.54) is 18.2 Å². The molecule has 0 aliphatic carbocycles. The number of benzene rings is 2. The van der Waals surface area contributed by atoms with E-state index >= 15 is 0 Å². The fraction of sp³-hybridized carbons (Fsp3) is 0. The zero-order chi connectivity index (χ0) is 14.0. The molecule has 2 aromatic carbocycles. The van der Waals surface area contributed by atoms with Crippen LogP contribution in [0, 0.1) is 10.1 Å². The highest BCUT2D eigenvalue weighted by Gasteiger charge is 2.23. The minimum atomic E-state index is -1.33. The lowest BCUT2D eigenvalue weighted by molar-refractivity contribution is -0.385. The molecule has 0 heterocycles. The van der Waals surface area contributed by atoms with E-state index in [-0.39, 0.29) is 5.56 Å². The van der Waals surface area contributed by atoms with Crippen LogP contribution in [-0.4, -0.2) is 16.0 Å². The zero-order valence-electron chi connectivity index (χ0n) is 9.74. The van der Waals surface area contributed by atoms with Crippen molar-refractivity contribution in [2.75, 3.05) is 5.73 Å². The predicted octanol–water partition coefficient (Wildman–Crippen LogP) is 2.54. The SMILES string of the molecule is Nc1ccc(-c2cccc([N+](=O)[O-])c2C(=O)O)cc1. The molecule has 96 valence electrons. The van der Waals surface area contributed by atoms with Crippen molar-refractivity contribution in [2.45, 2.75) is 0 Å². The Bertz CT molecular complexity index is 650. The normalized spacial score (nSPS) is 10.1. The summed E-state index contributed by atoms with van der Waals surface area (Å²) in [5, 5.41) is 20.1. The van der Waals surface area contributed by atoms with Gasteiger partial charge in [-0.1, -0.05) is 24.3 Å². The summed E-state index contributed by atoms with van der Waals surface area (Å²) in [6, 6.07) is 10.6. The minimum absolute atomic E-state index is 0.293. The second-order valence-corrected chi connectivity index (χ2v) is 3.88. The summed E-state index contributed by atoms with van der Waals surface area (Å²) in [6.07, 6.45) is 0. The summed E-state index contributed by atoms with van der Waals surface area (Å²) < 4.78 is 0. The molecule has 19 heavy (non-hydrogen) atoms. The van der Waals surface area contributed by atoms with Crippen LogP contribution in [0.3, 0.4) is 0 Å². The third kappa shape index (κ3) is 2.37. The molecule has 0 aliphatic heterocycles. The van der Waals surface area contributed by atoms with Crippen molar-refractivity contribution in [3.63, 3.8) is 0 Å². The Morgan fingerprint density at radius 1 is 1.16 bits per heavy atom. The largest absolute Gasteiger partial charge is 0.477 e. The van der Waals surface area contributed by atoms with Gasteiger partial charge in [0.1, 0.15) is 5.56 Å². The molecule has 0 spiro atoms. The summed E-state index contributed by atoms with van der Waals surface area (Å²) in [4.78, 5) is 21.4. The number of hydrogen-bond donors (Lipinski definition) is 2. The maximum atomic E-state index is 11.3. The van der Waals surface area contributed by atoms with Gasteiger partial charge in [0, 0.05) is 17.3 Å². The van der Waals surface area contributed by atoms with Crippen molar-refractivity contribution in [1.82, 2.24) is 0 Å². The number of carbonyl (C=O) groups is 1. The van der Waals surface area contributed by atoms with Gasteiger partial charge >= 0.3 is 5.97 Å². The van der Waals surface area contributed by atoms with E-state index in [4.69, 9.17) is 5.73 Å². The van der Waals surface area contributed by atoms with Gasteiger partial charge in [-0.2, -0.15) is 0 Å². The Labute approximate surface area is 108 Å². The Morgan fingerprint density at radius 3 is 2.32 bits per heavy atom. The van der Waals surface area contributed by atoms with Crippen molar-refractivity contribution in [3.05, 3.63) is 58.1 Å². The molecule has 2 aromatic rings. The molecule has 0 bridgehead atoms. The van der Waals surface area contributed by atoms with Crippen LogP contribution < -0.4 is 5.73 Å². The van der Waals surface area contributed by atoms with Crippen LogP contribution in [0.5, 0.6) is 0 Å². The highest BCUT2D eigenvalue weighted by atomic mass is 16.6. The molecule has 0 fully saturated rings. The van der Waals surface area contributed by atoms with Gasteiger partial charge in [0.2, 0.25) is 0 Å². The number of nitrogen functional groups attached to an aromatic ring is 1. The standard InChI is InChI=1S/C13H10N2O4/c14-9-6-4-8(5-7-9)10-2-1-3-11(15(18)19)12(10)13(16)17/h1-7H,14H2,(H,16,17). The topological polar surface area (TPSA) is 106 Å². The highest BCUT2D eigenvalue weighted by Crippen LogP contribution is 2.30. The third-order valence-electron chi connectivity index (χ3n) is 2.67. The number of nitrogens with two attached hydrogens (primary N) is 1. The number of nitro benzene ring substituents is 1. The quantitative estimate of drug-likeness (QED) is 0.499. The van der Waals surface area contributed by atoms with Crippen LogP contribution in [-0.2, 0) is 0 Å². The molecule has 0 aromatic heterocycles. The smallest absolute Gasteiger partial charge is 0.343 e. The molecule has 0 saturated heterocycles. The van der Waals surface area contributed by atoms with Gasteiger partial charge in [-0.05, 0) is 17.7 Å². The second kappa shape index (κ2) is 4.77. The van der Waals surface area contributed by atoms with Gasteiger partial charge in [0.05, 0.1) is 4.92 Å². The van der Waals surface area contributed by atoms with Crippen LogP contribution in [0.15, 0.2) is 42.5 Å². The van der Waals surface area contributed by atoms with Crippen molar-refractivity contribution in [2.24, 2.45) is 0 Å². The maximum Gasteiger partial charge on any atom is 0.343 e. The lowest BCUT2D eigenvalue weighted by Crippen LogP contribution is -2.05. The van der Waals surface area contributed by atoms with Gasteiger partial charge < -0.3 is 10.8 Å². The summed E-state index contributed by atoms with van der Waals surface area (Å²) >= 11 is 0. The Hall–Kier alpha value is -2.89. The molecule has 0 radical (unpaired) electrons. The van der Waals surface area contributed by atoms with Gasteiger partial charge in [0.25, 0.3) is 5.69 Å². The van der Waals surface area contributed by atoms with E-state index in [1.54, 1.807) is 24.3 Å². The van der Waals surface area contributed by atoms with Gasteiger partial charge in [-0.3, -0.25) is 10.1 Å². The molecule has 0 saturated carbocycles. The Balaban J connectivity index is 2.69. The maximum absolute atomic E-state index is 11.3. The summed E-state index contributed by atoms with van der Waals surface area (Å²) in [6.45, 7) is 0. The number of carboxylic acid groups (broad SMARTS) is 1. The van der Waals surface area contributed by atoms with E-state index < -0.39 is 16.6 Å². The number of nitro groups is 1. The molecular weight excluding hydrogens is 248 g/mol. The number of rotatable bonds is 3. The first-order valence-electron chi connectivity index (χ1n) is 5.37. The number of nitrogens with zero attached hydrogens (tertiary/aromatic N) is 1. The lowest BCUT2D eigenvalue weighted by Gasteiger charge is -2.07. The lowest BCUT2D eigenvalue weighted by atomic mass is 9.98. The second-order valence-electron chi connectivity index (χ2n) is 3.88. The van der Waals surface area contributed by atoms with Crippen LogP contribution >= 0.6 is 0 Å². The van der Waals surface area contributed by atoms with Crippen LogP contribution in [0.25, 0.3) is 11.1 Å². The van der Waals surface area contributed by atoms with E-state index in [1.807, 2.05) is 0 Å². The average Bonchev–Trinajstić information content (AvgIpc) is 2.38. The molecule has 0 aliphatic rings. The minimum Gasteiger partial charge on any atom is -0.477 e. The van der Waals surface area contributed by atoms with Crippen molar-refractivity contribution in [3.8, 4) is 11.1 Å². The summed E-state index contributed by atoms with van der Waals surface area (Å²) in [5.41, 5.74) is 6.20. The van der Waals surface area contributed by atoms with E-state index in [0.717, 1.165) is 0 Å². The molecule has 6 heteroatoms. The Kier molecular flexibility index (Phi) is 3.15. The highest BCUT2D eigenvalue weighted by molar-refractivity contribution is 6.00. The van der Waals surface area contributed by atoms with E-state index in [2.05, 4.69) is 0 Å². The van der Waals surface area contributed by atoms with Crippen molar-refractivity contribution in [1.29, 1.82) is 0 Å². The number of carboxylic acids is 1. The third-order valence-corrected chi connectivity index (χ3v) is 2.67. The Morgan fingerprint density at radius 2 is 1.79 bits per heavy atom. The molecule has 2 rings (SSSR count). The van der Waals surface area contributed by atoms with E-state index in [0.29, 0.717) is 16.8 Å². The molecule has 0 atom stereocenters. The first-order valence-corrected chi connectivity index (χ1v) is 5.37. The molecule has 6 nitrogen and oxygen atoms in total. The monoisotopic (exact) mass is 258 g/mol. The molecular formula is C13H10N2O4. The van der Waals surface area contributed by atoms with Crippen LogP contribution in [0.1, 0.15) is 10.4 Å². The molecule has 0 amide bonds. The molecule has 3 N–H and O–H groups in total. The zero-order valence-corrected chi connectivity index (χ0v) is 9.74. The van der Waals surface area contributed by atoms with Crippen LogP contribution in [0.4, 0.5) is 11.4 Å². The van der Waals surface area contributed by atoms with Crippen molar-refractivity contribution < 1.29 is 14.8 Å². The number of aromatic carboxylic acids is 1. The number of hydrogen-bond acceptors (Lipinski definition) is 4. The van der Waals surface area contributed by atoms with Gasteiger partial charge in [-0.15, -0.1) is 0 Å². The van der Waals surface area contributed by atoms with Crippen LogP contribution in [0.2, 0.25) is 0 Å². The summed E-state index contributed by atoms with van der Waals surface area (Å²) in [7, 11) is 0. The fourth-order valence-electron chi connectivity index (χ4n) is 1.82. The molecule has 0 unspecified atom stereocenters.